The summed E-state index contributed by atoms with van der Waals surface area (Å²) >= 11 is 5.73. The number of ether oxygens (including phenoxy) is 1. The summed E-state index contributed by atoms with van der Waals surface area (Å²) in [5.41, 5.74) is 1.22. The number of nitrogens with one attached hydrogen (secondary N) is 1. The van der Waals surface area contributed by atoms with E-state index in [1.54, 1.807) is 18.2 Å². The van der Waals surface area contributed by atoms with Gasteiger partial charge in [-0.25, -0.2) is 14.2 Å². The summed E-state index contributed by atoms with van der Waals surface area (Å²) in [6, 6.07) is 9.93. The van der Waals surface area contributed by atoms with Gasteiger partial charge in [-0.1, -0.05) is 23.7 Å². The normalized spacial score (nSPS) is 18.9. The topological polar surface area (TPSA) is 91.7 Å². The maximum absolute atomic E-state index is 13.7. The molecule has 0 spiro atoms. The van der Waals surface area contributed by atoms with Crippen molar-refractivity contribution in [2.45, 2.75) is 31.2 Å². The van der Waals surface area contributed by atoms with Gasteiger partial charge in [0.1, 0.15) is 12.4 Å². The second kappa shape index (κ2) is 10.6. The van der Waals surface area contributed by atoms with Crippen molar-refractivity contribution in [1.82, 2.24) is 10.3 Å². The van der Waals surface area contributed by atoms with Crippen LogP contribution in [0.25, 0.3) is 0 Å². The number of aliphatic hydroxyl groups excluding tert-OH is 1. The number of β-amino-alcohol motifs (C(OH)–C–C–N with tert-alkyl or cyclic N) is 1. The highest BCUT2D eigenvalue weighted by molar-refractivity contribution is 6.30. The zero-order valence-corrected chi connectivity index (χ0v) is 16.3. The Morgan fingerprint density at radius 1 is 1.30 bits per heavy atom. The Morgan fingerprint density at radius 2 is 2.00 bits per heavy atom. The Hall–Kier alpha value is -2.43. The highest BCUT2D eigenvalue weighted by atomic mass is 35.5. The maximum Gasteiger partial charge on any atom is 0.490 e. The van der Waals surface area contributed by atoms with E-state index >= 15 is 0 Å². The minimum Gasteiger partial charge on any atom is -0.475 e. The lowest BCUT2D eigenvalue weighted by atomic mass is 9.91. The van der Waals surface area contributed by atoms with Gasteiger partial charge in [0.25, 0.3) is 0 Å². The number of carboxylic acid groups (broad SMARTS) is 1. The van der Waals surface area contributed by atoms with Crippen LogP contribution in [0.5, 0.6) is 5.88 Å². The molecule has 3 rings (SSSR count). The van der Waals surface area contributed by atoms with Crippen LogP contribution in [0, 0.1) is 5.82 Å². The number of pyridine rings is 1. The Bertz CT molecular complexity index is 867. The van der Waals surface area contributed by atoms with Gasteiger partial charge < -0.3 is 20.3 Å². The lowest BCUT2D eigenvalue weighted by Crippen LogP contribution is -2.39. The van der Waals surface area contributed by atoms with Crippen molar-refractivity contribution < 1.29 is 37.3 Å². The maximum atomic E-state index is 13.7. The number of alkyl halides is 3. The van der Waals surface area contributed by atoms with Gasteiger partial charge in [-0.3, -0.25) is 0 Å². The molecule has 164 valence electrons. The summed E-state index contributed by atoms with van der Waals surface area (Å²) in [4.78, 5) is 13.3. The highest BCUT2D eigenvalue weighted by Gasteiger charge is 2.38. The minimum atomic E-state index is -5.08. The van der Waals surface area contributed by atoms with E-state index in [0.717, 1.165) is 18.7 Å². The molecular formula is C19H19ClF4N2O4. The van der Waals surface area contributed by atoms with E-state index in [0.29, 0.717) is 23.0 Å². The van der Waals surface area contributed by atoms with Crippen LogP contribution in [0.15, 0.2) is 36.4 Å². The number of rotatable bonds is 4. The quantitative estimate of drug-likeness (QED) is 0.617. The Kier molecular flexibility index (Phi) is 8.39. The first kappa shape index (κ1) is 23.8. The number of aromatic nitrogens is 1. The Labute approximate surface area is 174 Å². The smallest absolute Gasteiger partial charge is 0.475 e. The number of hydrogen-bond donors (Lipinski definition) is 3. The second-order valence-corrected chi connectivity index (χ2v) is 6.83. The molecule has 1 fully saturated rings. The Balaban J connectivity index is 0.000000396. The second-order valence-electron chi connectivity index (χ2n) is 6.39. The average molecular weight is 451 g/mol. The molecule has 1 aliphatic heterocycles. The molecule has 2 atom stereocenters. The van der Waals surface area contributed by atoms with Crippen molar-refractivity contribution in [3.8, 4) is 5.88 Å². The number of carboxylic acids is 1. The zero-order chi connectivity index (χ0) is 22.3. The number of benzene rings is 1. The highest BCUT2D eigenvalue weighted by Crippen LogP contribution is 2.26. The third-order valence-electron chi connectivity index (χ3n) is 4.21. The predicted molar refractivity (Wildman–Crippen MR) is 99.9 cm³/mol. The molecule has 30 heavy (non-hydrogen) atoms. The van der Waals surface area contributed by atoms with Crippen LogP contribution in [0.1, 0.15) is 23.6 Å². The van der Waals surface area contributed by atoms with E-state index in [4.69, 9.17) is 26.2 Å². The summed E-state index contributed by atoms with van der Waals surface area (Å²) in [5, 5.41) is 20.7. The van der Waals surface area contributed by atoms with Gasteiger partial charge in [0, 0.05) is 29.1 Å². The molecule has 0 aliphatic carbocycles. The molecule has 0 saturated carbocycles. The summed E-state index contributed by atoms with van der Waals surface area (Å²) in [7, 11) is 0. The summed E-state index contributed by atoms with van der Waals surface area (Å²) < 4.78 is 51.1. The zero-order valence-electron chi connectivity index (χ0n) is 15.5. The predicted octanol–water partition coefficient (Wildman–Crippen LogP) is 3.52. The number of aliphatic hydroxyl groups is 1. The van der Waals surface area contributed by atoms with Gasteiger partial charge in [-0.2, -0.15) is 13.2 Å². The number of piperidine rings is 1. The van der Waals surface area contributed by atoms with E-state index in [1.807, 2.05) is 12.1 Å². The van der Waals surface area contributed by atoms with Crippen LogP contribution in [-0.2, 0) is 11.4 Å². The fourth-order valence-electron chi connectivity index (χ4n) is 2.70. The van der Waals surface area contributed by atoms with Crippen molar-refractivity contribution in [3.05, 3.63) is 58.5 Å². The molecule has 0 radical (unpaired) electrons. The molecule has 0 unspecified atom stereocenters. The molecule has 3 N–H and O–H groups in total. The van der Waals surface area contributed by atoms with E-state index in [-0.39, 0.29) is 12.5 Å². The van der Waals surface area contributed by atoms with E-state index < -0.39 is 24.1 Å². The molecule has 1 aromatic carbocycles. The molecule has 0 amide bonds. The first-order valence-electron chi connectivity index (χ1n) is 8.80. The van der Waals surface area contributed by atoms with Gasteiger partial charge in [-0.05, 0) is 31.2 Å². The lowest BCUT2D eigenvalue weighted by molar-refractivity contribution is -0.192. The number of carbonyl (C=O) groups is 1. The first-order valence-corrected chi connectivity index (χ1v) is 9.18. The standard InChI is InChI=1S/C17H18ClFN2O2.C2HF3O2/c18-12-5-4-11(14(19)8-12)10-23-17-3-1-2-15(21-17)13-6-7-20-9-16(13)22;3-2(4,5)1(6)7/h1-5,8,13,16,20,22H,6-7,9-10H2;(H,6,7)/t13-,16+;/m1./s1. The minimum absolute atomic E-state index is 0.00734. The van der Waals surface area contributed by atoms with E-state index in [2.05, 4.69) is 10.3 Å². The largest absolute Gasteiger partial charge is 0.490 e. The van der Waals surface area contributed by atoms with Gasteiger partial charge in [-0.15, -0.1) is 0 Å². The van der Waals surface area contributed by atoms with E-state index in [1.165, 1.54) is 6.07 Å². The molecule has 6 nitrogen and oxygen atoms in total. The van der Waals surface area contributed by atoms with Crippen LogP contribution in [0.4, 0.5) is 17.6 Å². The molecule has 1 saturated heterocycles. The van der Waals surface area contributed by atoms with Gasteiger partial charge in [0.2, 0.25) is 5.88 Å². The van der Waals surface area contributed by atoms with Gasteiger partial charge in [0.15, 0.2) is 0 Å². The fraction of sp³-hybridized carbons (Fsp3) is 0.368. The molecule has 2 aromatic rings. The molecule has 2 heterocycles. The van der Waals surface area contributed by atoms with Crippen LogP contribution >= 0.6 is 11.6 Å². The number of hydrogen-bond acceptors (Lipinski definition) is 5. The fourth-order valence-corrected chi connectivity index (χ4v) is 2.85. The Morgan fingerprint density at radius 3 is 2.60 bits per heavy atom. The van der Waals surface area contributed by atoms with Crippen LogP contribution < -0.4 is 10.1 Å². The van der Waals surface area contributed by atoms with E-state index in [9.17, 15) is 22.7 Å². The summed E-state index contributed by atoms with van der Waals surface area (Å²) in [5.74, 6) is -2.75. The van der Waals surface area contributed by atoms with Gasteiger partial charge in [0.05, 0.1) is 11.8 Å². The monoisotopic (exact) mass is 450 g/mol. The lowest BCUT2D eigenvalue weighted by Gasteiger charge is -2.28. The third kappa shape index (κ3) is 7.12. The van der Waals surface area contributed by atoms with Crippen molar-refractivity contribution in [3.63, 3.8) is 0 Å². The number of aliphatic carboxylic acids is 1. The molecule has 11 heteroatoms. The number of halogens is 5. The van der Waals surface area contributed by atoms with Crippen molar-refractivity contribution >= 4 is 17.6 Å². The average Bonchev–Trinajstić information content (AvgIpc) is 2.68. The number of nitrogens with zero attached hydrogens (tertiary/aromatic N) is 1. The van der Waals surface area contributed by atoms with Crippen molar-refractivity contribution in [1.29, 1.82) is 0 Å². The van der Waals surface area contributed by atoms with Gasteiger partial charge >= 0.3 is 12.1 Å². The molecule has 1 aromatic heterocycles. The molecule has 0 bridgehead atoms. The summed E-state index contributed by atoms with van der Waals surface area (Å²) in [6.07, 6.45) is -4.72. The first-order chi connectivity index (χ1) is 14.1. The van der Waals surface area contributed by atoms with Crippen LogP contribution in [0.3, 0.4) is 0 Å². The third-order valence-corrected chi connectivity index (χ3v) is 4.44. The van der Waals surface area contributed by atoms with Crippen LogP contribution in [-0.4, -0.2) is 46.5 Å². The van der Waals surface area contributed by atoms with Crippen molar-refractivity contribution in [2.24, 2.45) is 0 Å². The summed E-state index contributed by atoms with van der Waals surface area (Å²) in [6.45, 7) is 1.49. The van der Waals surface area contributed by atoms with Crippen molar-refractivity contribution in [2.75, 3.05) is 13.1 Å². The molecular weight excluding hydrogens is 432 g/mol. The molecule has 1 aliphatic rings. The SMILES string of the molecule is O=C(O)C(F)(F)F.O[C@H]1CNCC[C@@H]1c1cccc(OCc2ccc(Cl)cc2F)n1. The van der Waals surface area contributed by atoms with Crippen LogP contribution in [0.2, 0.25) is 5.02 Å².